The predicted molar refractivity (Wildman–Crippen MR) is 108 cm³/mol. The number of aromatic nitrogens is 4. The van der Waals surface area contributed by atoms with Crippen LogP contribution in [0.15, 0.2) is 22.9 Å². The number of nitrogens with zero attached hydrogens (tertiary/aromatic N) is 6. The third kappa shape index (κ3) is 4.14. The topological polar surface area (TPSA) is 88.3 Å². The van der Waals surface area contributed by atoms with Crippen molar-refractivity contribution in [3.8, 4) is 0 Å². The van der Waals surface area contributed by atoms with Gasteiger partial charge in [0.1, 0.15) is 10.3 Å². The minimum absolute atomic E-state index is 0.189. The first-order valence-corrected chi connectivity index (χ1v) is 10.5. The van der Waals surface area contributed by atoms with Gasteiger partial charge in [0.05, 0.1) is 0 Å². The van der Waals surface area contributed by atoms with Crippen LogP contribution in [0, 0.1) is 0 Å². The molecule has 148 valence electrons. The Kier molecular flexibility index (Phi) is 5.52. The third-order valence-electron chi connectivity index (χ3n) is 4.84. The van der Waals surface area contributed by atoms with Crippen LogP contribution in [0.3, 0.4) is 0 Å². The monoisotopic (exact) mass is 400 g/mol. The van der Waals surface area contributed by atoms with E-state index in [0.29, 0.717) is 18.7 Å². The van der Waals surface area contributed by atoms with Crippen molar-refractivity contribution < 1.29 is 9.32 Å². The molecule has 0 N–H and O–H groups in total. The van der Waals surface area contributed by atoms with E-state index in [1.54, 1.807) is 17.5 Å². The average molecular weight is 401 g/mol. The number of carbonyl (C=O) groups excluding carboxylic acids is 1. The van der Waals surface area contributed by atoms with Crippen molar-refractivity contribution in [2.45, 2.75) is 39.0 Å². The molecule has 0 atom stereocenters. The van der Waals surface area contributed by atoms with Crippen LogP contribution in [-0.2, 0) is 11.2 Å². The molecule has 4 heterocycles. The van der Waals surface area contributed by atoms with E-state index in [4.69, 9.17) is 4.52 Å². The summed E-state index contributed by atoms with van der Waals surface area (Å²) in [6.45, 7) is 7.10. The van der Waals surface area contributed by atoms with Gasteiger partial charge in [0.2, 0.25) is 11.8 Å². The molecule has 1 amide bonds. The molecule has 0 radical (unpaired) electrons. The molecular formula is C19H24N6O2S. The van der Waals surface area contributed by atoms with Crippen molar-refractivity contribution in [3.63, 3.8) is 0 Å². The van der Waals surface area contributed by atoms with Crippen LogP contribution in [0.25, 0.3) is 10.3 Å². The molecule has 3 aromatic heterocycles. The van der Waals surface area contributed by atoms with Gasteiger partial charge in [0.15, 0.2) is 11.0 Å². The summed E-state index contributed by atoms with van der Waals surface area (Å²) in [6, 6.07) is 3.88. The number of hydrogen-bond donors (Lipinski definition) is 0. The van der Waals surface area contributed by atoms with Crippen LogP contribution in [-0.4, -0.2) is 57.1 Å². The Balaban J connectivity index is 1.24. The molecule has 4 rings (SSSR count). The van der Waals surface area contributed by atoms with Gasteiger partial charge in [0.25, 0.3) is 0 Å². The van der Waals surface area contributed by atoms with Gasteiger partial charge in [0, 0.05) is 51.1 Å². The fourth-order valence-corrected chi connectivity index (χ4v) is 4.15. The Morgan fingerprint density at radius 1 is 1.25 bits per heavy atom. The molecule has 0 unspecified atom stereocenters. The highest BCUT2D eigenvalue weighted by atomic mass is 32.1. The molecule has 0 aromatic carbocycles. The minimum atomic E-state index is 0.189. The summed E-state index contributed by atoms with van der Waals surface area (Å²) < 4.78 is 5.24. The van der Waals surface area contributed by atoms with Gasteiger partial charge >= 0.3 is 0 Å². The first-order chi connectivity index (χ1) is 13.6. The van der Waals surface area contributed by atoms with Crippen molar-refractivity contribution in [1.82, 2.24) is 25.0 Å². The highest BCUT2D eigenvalue weighted by Gasteiger charge is 2.23. The second-order valence-electron chi connectivity index (χ2n) is 7.25. The zero-order valence-electron chi connectivity index (χ0n) is 16.2. The highest BCUT2D eigenvalue weighted by Crippen LogP contribution is 2.27. The molecule has 0 bridgehead atoms. The number of thiazole rings is 1. The molecular weight excluding hydrogens is 376 g/mol. The molecule has 8 nitrogen and oxygen atoms in total. The van der Waals surface area contributed by atoms with Gasteiger partial charge in [-0.2, -0.15) is 4.98 Å². The molecule has 0 spiro atoms. The Bertz CT molecular complexity index is 912. The number of rotatable bonds is 6. The Morgan fingerprint density at radius 2 is 2.07 bits per heavy atom. The van der Waals surface area contributed by atoms with Crippen molar-refractivity contribution in [1.29, 1.82) is 0 Å². The molecule has 28 heavy (non-hydrogen) atoms. The quantitative estimate of drug-likeness (QED) is 0.628. The fraction of sp³-hybridized carbons (Fsp3) is 0.526. The normalized spacial score (nSPS) is 15.0. The van der Waals surface area contributed by atoms with Gasteiger partial charge < -0.3 is 14.3 Å². The zero-order valence-corrected chi connectivity index (χ0v) is 17.0. The molecule has 1 aliphatic heterocycles. The number of carbonyl (C=O) groups is 1. The maximum atomic E-state index is 12.5. The number of pyridine rings is 1. The predicted octanol–water partition coefficient (Wildman–Crippen LogP) is 2.87. The summed E-state index contributed by atoms with van der Waals surface area (Å²) in [5, 5.41) is 4.94. The van der Waals surface area contributed by atoms with Crippen molar-refractivity contribution >= 4 is 32.7 Å². The van der Waals surface area contributed by atoms with Gasteiger partial charge in [-0.1, -0.05) is 30.3 Å². The highest BCUT2D eigenvalue weighted by molar-refractivity contribution is 7.21. The fourth-order valence-electron chi connectivity index (χ4n) is 3.19. The Hall–Kier alpha value is -2.55. The summed E-state index contributed by atoms with van der Waals surface area (Å²) in [7, 11) is 0. The van der Waals surface area contributed by atoms with Crippen LogP contribution in [0.4, 0.5) is 5.13 Å². The Morgan fingerprint density at radius 3 is 2.79 bits per heavy atom. The summed E-state index contributed by atoms with van der Waals surface area (Å²) in [4.78, 5) is 31.0. The Labute approximate surface area is 167 Å². The number of piperazine rings is 1. The van der Waals surface area contributed by atoms with E-state index in [9.17, 15) is 4.79 Å². The van der Waals surface area contributed by atoms with Gasteiger partial charge in [-0.05, 0) is 18.6 Å². The number of aryl methyl sites for hydroxylation is 1. The van der Waals surface area contributed by atoms with E-state index in [1.807, 2.05) is 30.9 Å². The lowest BCUT2D eigenvalue weighted by molar-refractivity contribution is -0.131. The lowest BCUT2D eigenvalue weighted by Crippen LogP contribution is -2.48. The van der Waals surface area contributed by atoms with Gasteiger partial charge in [-0.3, -0.25) is 4.79 Å². The number of amides is 1. The maximum absolute atomic E-state index is 12.5. The standard InChI is InChI=1S/C19H24N6O2S/c1-13(2)17-22-15(27-23-17)6-3-7-16(26)24-9-11-25(12-10-24)19-21-14-5-4-8-20-18(14)28-19/h4-5,8,13H,3,6-7,9-12H2,1-2H3. The van der Waals surface area contributed by atoms with E-state index in [0.717, 1.165) is 53.9 Å². The second-order valence-corrected chi connectivity index (χ2v) is 8.20. The zero-order chi connectivity index (χ0) is 19.5. The van der Waals surface area contributed by atoms with Gasteiger partial charge in [-0.15, -0.1) is 0 Å². The van der Waals surface area contributed by atoms with Crippen LogP contribution < -0.4 is 4.90 Å². The lowest BCUT2D eigenvalue weighted by Gasteiger charge is -2.34. The number of fused-ring (bicyclic) bond motifs is 1. The first kappa shape index (κ1) is 18.8. The van der Waals surface area contributed by atoms with E-state index in [1.165, 1.54) is 0 Å². The van der Waals surface area contributed by atoms with Crippen molar-refractivity contribution in [2.75, 3.05) is 31.1 Å². The smallest absolute Gasteiger partial charge is 0.226 e. The second kappa shape index (κ2) is 8.22. The van der Waals surface area contributed by atoms with Crippen molar-refractivity contribution in [3.05, 3.63) is 30.0 Å². The van der Waals surface area contributed by atoms with Crippen LogP contribution in [0.2, 0.25) is 0 Å². The SMILES string of the molecule is CC(C)c1noc(CCCC(=O)N2CCN(c3nc4cccnc4s3)CC2)n1. The first-order valence-electron chi connectivity index (χ1n) is 9.67. The van der Waals surface area contributed by atoms with E-state index in [-0.39, 0.29) is 11.8 Å². The van der Waals surface area contributed by atoms with Crippen LogP contribution in [0.1, 0.15) is 44.3 Å². The van der Waals surface area contributed by atoms with E-state index < -0.39 is 0 Å². The molecule has 0 saturated carbocycles. The van der Waals surface area contributed by atoms with Crippen LogP contribution in [0.5, 0.6) is 0 Å². The van der Waals surface area contributed by atoms with Gasteiger partial charge in [-0.25, -0.2) is 9.97 Å². The maximum Gasteiger partial charge on any atom is 0.226 e. The largest absolute Gasteiger partial charge is 0.344 e. The van der Waals surface area contributed by atoms with E-state index in [2.05, 4.69) is 25.0 Å². The summed E-state index contributed by atoms with van der Waals surface area (Å²) >= 11 is 1.61. The molecule has 1 aliphatic rings. The summed E-state index contributed by atoms with van der Waals surface area (Å²) in [6.07, 6.45) is 3.66. The van der Waals surface area contributed by atoms with Crippen molar-refractivity contribution in [2.24, 2.45) is 0 Å². The number of anilines is 1. The summed E-state index contributed by atoms with van der Waals surface area (Å²) in [5.41, 5.74) is 0.933. The molecule has 1 saturated heterocycles. The molecule has 3 aromatic rings. The third-order valence-corrected chi connectivity index (χ3v) is 5.88. The average Bonchev–Trinajstić information content (AvgIpc) is 3.35. The molecule has 9 heteroatoms. The lowest BCUT2D eigenvalue weighted by atomic mass is 10.2. The number of hydrogen-bond acceptors (Lipinski definition) is 8. The molecule has 0 aliphatic carbocycles. The van der Waals surface area contributed by atoms with E-state index >= 15 is 0 Å². The summed E-state index contributed by atoms with van der Waals surface area (Å²) in [5.74, 6) is 1.78. The minimum Gasteiger partial charge on any atom is -0.344 e. The molecule has 1 fully saturated rings. The van der Waals surface area contributed by atoms with Crippen LogP contribution >= 0.6 is 11.3 Å².